The third kappa shape index (κ3) is 9.36. The Labute approximate surface area is 236 Å². The number of methoxy groups -OCH3 is 1. The molecule has 3 rings (SSSR count). The Morgan fingerprint density at radius 3 is 2.25 bits per heavy atom. The number of rotatable bonds is 12. The fourth-order valence-electron chi connectivity index (χ4n) is 3.73. The molecule has 2 N–H and O–H groups in total. The van der Waals surface area contributed by atoms with Crippen LogP contribution in [0.2, 0.25) is 0 Å². The summed E-state index contributed by atoms with van der Waals surface area (Å²) in [5.74, 6) is -1.21. The van der Waals surface area contributed by atoms with E-state index in [2.05, 4.69) is 15.6 Å². The number of ether oxygens (including phenoxy) is 3. The molecule has 1 aliphatic rings. The largest absolute Gasteiger partial charge is 0.497 e. The number of hydrogen-bond acceptors (Lipinski definition) is 8. The highest BCUT2D eigenvalue weighted by molar-refractivity contribution is 6.05. The zero-order valence-electron chi connectivity index (χ0n) is 24.5. The van der Waals surface area contributed by atoms with Crippen molar-refractivity contribution in [2.24, 2.45) is 11.8 Å². The fourth-order valence-corrected chi connectivity index (χ4v) is 3.73. The Morgan fingerprint density at radius 2 is 1.65 bits per heavy atom. The molecule has 0 bridgehead atoms. The molecule has 2 amide bonds. The topological polar surface area (TPSA) is 133 Å². The third-order valence-corrected chi connectivity index (χ3v) is 5.81. The van der Waals surface area contributed by atoms with Crippen molar-refractivity contribution in [2.75, 3.05) is 20.2 Å². The van der Waals surface area contributed by atoms with Gasteiger partial charge in [-0.15, -0.1) is 0 Å². The summed E-state index contributed by atoms with van der Waals surface area (Å²) in [6.07, 6.45) is 1.11. The number of amides is 2. The van der Waals surface area contributed by atoms with E-state index in [1.165, 1.54) is 20.1 Å². The van der Waals surface area contributed by atoms with Crippen molar-refractivity contribution in [1.82, 2.24) is 15.6 Å². The Morgan fingerprint density at radius 1 is 0.950 bits per heavy atom. The minimum Gasteiger partial charge on any atom is -0.497 e. The molecule has 1 aromatic carbocycles. The zero-order valence-corrected chi connectivity index (χ0v) is 24.5. The molecule has 1 aromatic heterocycles. The highest BCUT2D eigenvalue weighted by Gasteiger charge is 2.27. The van der Waals surface area contributed by atoms with Gasteiger partial charge in [0.15, 0.2) is 5.69 Å². The smallest absolute Gasteiger partial charge is 0.360 e. The second-order valence-corrected chi connectivity index (χ2v) is 9.58. The Kier molecular flexibility index (Phi) is 12.6. The normalized spacial score (nSPS) is 12.9. The van der Waals surface area contributed by atoms with Gasteiger partial charge in [-0.3, -0.25) is 14.4 Å². The second kappa shape index (κ2) is 15.6. The number of carbonyl (C=O) groups is 4. The fraction of sp³-hybridized carbons (Fsp3) is 0.500. The van der Waals surface area contributed by atoms with Crippen LogP contribution in [0.1, 0.15) is 92.1 Å². The monoisotopic (exact) mass is 555 g/mol. The number of aromatic nitrogens is 1. The molecule has 2 aromatic rings. The van der Waals surface area contributed by atoms with Gasteiger partial charge in [0.25, 0.3) is 11.8 Å². The van der Waals surface area contributed by atoms with Crippen LogP contribution in [0, 0.1) is 11.8 Å². The molecule has 0 saturated heterocycles. The number of benzene rings is 1. The van der Waals surface area contributed by atoms with E-state index in [0.29, 0.717) is 30.3 Å². The highest BCUT2D eigenvalue weighted by Crippen LogP contribution is 2.31. The van der Waals surface area contributed by atoms with Gasteiger partial charge in [0.2, 0.25) is 6.29 Å². The molecular weight excluding hydrogens is 514 g/mol. The quantitative estimate of drug-likeness (QED) is 0.283. The lowest BCUT2D eigenvalue weighted by molar-refractivity contribution is -0.166. The molecule has 1 aliphatic carbocycles. The van der Waals surface area contributed by atoms with Crippen LogP contribution in [-0.4, -0.2) is 55.2 Å². The van der Waals surface area contributed by atoms with Crippen LogP contribution >= 0.6 is 0 Å². The van der Waals surface area contributed by atoms with E-state index in [-0.39, 0.29) is 40.8 Å². The van der Waals surface area contributed by atoms with E-state index in [4.69, 9.17) is 14.2 Å². The zero-order chi connectivity index (χ0) is 29.8. The predicted molar refractivity (Wildman–Crippen MR) is 151 cm³/mol. The van der Waals surface area contributed by atoms with Crippen LogP contribution in [0.15, 0.2) is 30.3 Å². The van der Waals surface area contributed by atoms with Crippen LogP contribution in [0.5, 0.6) is 5.75 Å². The average molecular weight is 556 g/mol. The molecule has 40 heavy (non-hydrogen) atoms. The molecule has 1 atom stereocenters. The van der Waals surface area contributed by atoms with Crippen LogP contribution in [-0.2, 0) is 14.3 Å². The third-order valence-electron chi connectivity index (χ3n) is 5.81. The number of pyridine rings is 1. The summed E-state index contributed by atoms with van der Waals surface area (Å²) in [5, 5.41) is 5.58. The second-order valence-electron chi connectivity index (χ2n) is 9.58. The first-order valence-electron chi connectivity index (χ1n) is 13.8. The molecule has 1 heterocycles. The summed E-state index contributed by atoms with van der Waals surface area (Å²) in [6.45, 7) is 11.9. The van der Waals surface area contributed by atoms with Gasteiger partial charge < -0.3 is 24.8 Å². The maximum Gasteiger partial charge on any atom is 0.360 e. The Hall–Kier alpha value is -3.95. The van der Waals surface area contributed by atoms with E-state index in [1.54, 1.807) is 31.2 Å². The van der Waals surface area contributed by atoms with Crippen molar-refractivity contribution in [3.8, 4) is 16.9 Å². The minimum absolute atomic E-state index is 0.0215. The molecule has 1 saturated carbocycles. The van der Waals surface area contributed by atoms with Crippen molar-refractivity contribution in [3.05, 3.63) is 47.3 Å². The van der Waals surface area contributed by atoms with Crippen LogP contribution in [0.25, 0.3) is 11.1 Å². The maximum atomic E-state index is 13.3. The van der Waals surface area contributed by atoms with Crippen molar-refractivity contribution >= 4 is 23.8 Å². The molecule has 1 fully saturated rings. The molecule has 218 valence electrons. The van der Waals surface area contributed by atoms with E-state index in [9.17, 15) is 19.2 Å². The summed E-state index contributed by atoms with van der Waals surface area (Å²) in [7, 11) is 1.48. The number of hydrogen-bond donors (Lipinski definition) is 2. The van der Waals surface area contributed by atoms with Gasteiger partial charge in [-0.2, -0.15) is 0 Å². The van der Waals surface area contributed by atoms with E-state index < -0.39 is 24.1 Å². The summed E-state index contributed by atoms with van der Waals surface area (Å²) < 4.78 is 15.9. The molecular formula is C30H41N3O7. The van der Waals surface area contributed by atoms with Crippen LogP contribution < -0.4 is 15.4 Å². The predicted octanol–water partition coefficient (Wildman–Crippen LogP) is 4.77. The van der Waals surface area contributed by atoms with Gasteiger partial charge in [-0.1, -0.05) is 27.7 Å². The van der Waals surface area contributed by atoms with Crippen LogP contribution in [0.3, 0.4) is 0 Å². The first-order chi connectivity index (χ1) is 19.1. The summed E-state index contributed by atoms with van der Waals surface area (Å²) in [4.78, 5) is 55.3. The lowest BCUT2D eigenvalue weighted by atomic mass is 9.96. The van der Waals surface area contributed by atoms with E-state index >= 15 is 0 Å². The van der Waals surface area contributed by atoms with E-state index in [1.807, 2.05) is 27.7 Å². The Bertz CT molecular complexity index is 1190. The van der Waals surface area contributed by atoms with E-state index in [0.717, 1.165) is 12.8 Å². The lowest BCUT2D eigenvalue weighted by Crippen LogP contribution is -2.28. The number of esters is 2. The summed E-state index contributed by atoms with van der Waals surface area (Å²) >= 11 is 0. The lowest BCUT2D eigenvalue weighted by Gasteiger charge is -2.18. The number of carbonyl (C=O) groups excluding carboxylic acids is 4. The Balaban J connectivity index is 0.00000274. The molecule has 10 heteroatoms. The van der Waals surface area contributed by atoms with Crippen molar-refractivity contribution in [1.29, 1.82) is 0 Å². The van der Waals surface area contributed by atoms with Gasteiger partial charge >= 0.3 is 11.9 Å². The highest BCUT2D eigenvalue weighted by atomic mass is 16.7. The van der Waals surface area contributed by atoms with Crippen molar-refractivity contribution in [2.45, 2.75) is 67.1 Å². The number of nitrogens with one attached hydrogen (secondary N) is 2. The van der Waals surface area contributed by atoms with Gasteiger partial charge in [0.05, 0.1) is 7.11 Å². The SMILES string of the molecule is CC.CCNC(=O)c1ccc(OC)cc1-c1ccc(C(=O)NCC2CC2)nc1C(=O)OC(C)OC(=O)CC(C)C. The minimum atomic E-state index is -1.19. The van der Waals surface area contributed by atoms with Gasteiger partial charge in [0.1, 0.15) is 11.4 Å². The standard InChI is InChI=1S/C28H35N3O7.C2H6/c1-6-29-26(33)21-10-9-19(36-5)14-22(21)20-11-12-23(27(34)30-15-18-7-8-18)31-25(20)28(35)38-17(4)37-24(32)13-16(2)3;1-2/h9-12,14,16-18H,6-8,13,15H2,1-5H3,(H,29,33)(H,30,34);1-2H3. The van der Waals surface area contributed by atoms with Crippen molar-refractivity contribution in [3.63, 3.8) is 0 Å². The first-order valence-corrected chi connectivity index (χ1v) is 13.8. The van der Waals surface area contributed by atoms with Crippen molar-refractivity contribution < 1.29 is 33.4 Å². The first kappa shape index (κ1) is 32.3. The molecule has 0 spiro atoms. The molecule has 1 unspecified atom stereocenters. The molecule has 0 aliphatic heterocycles. The van der Waals surface area contributed by atoms with Gasteiger partial charge in [-0.25, -0.2) is 9.78 Å². The summed E-state index contributed by atoms with van der Waals surface area (Å²) in [5.41, 5.74) is 0.729. The van der Waals surface area contributed by atoms with Crippen LogP contribution in [0.4, 0.5) is 0 Å². The molecule has 0 radical (unpaired) electrons. The maximum absolute atomic E-state index is 13.3. The average Bonchev–Trinajstić information content (AvgIpc) is 3.76. The number of nitrogens with zero attached hydrogens (tertiary/aromatic N) is 1. The van der Waals surface area contributed by atoms with Gasteiger partial charge in [-0.05, 0) is 61.9 Å². The molecule has 10 nitrogen and oxygen atoms in total. The van der Waals surface area contributed by atoms with Gasteiger partial charge in [0, 0.05) is 43.1 Å². The summed E-state index contributed by atoms with van der Waals surface area (Å²) in [6, 6.07) is 7.86.